The molecule has 1 amide bonds. The Morgan fingerprint density at radius 2 is 2.04 bits per heavy atom. The number of aryl methyl sites for hydroxylation is 2. The SMILES string of the molecule is COc1ccccc1[C@H]1CNC(=O)c2nc(-c3c(C)n[nH]c3C)[nH]c2C1. The van der Waals surface area contributed by atoms with Crippen LogP contribution in [0.25, 0.3) is 11.4 Å². The standard InChI is InChI=1S/C19H21N5O2/c1-10-16(11(2)24-23-10)18-21-14-8-12(9-20-19(25)17(14)22-18)13-6-4-5-7-15(13)26-3/h4-7,12H,8-9H2,1-3H3,(H,20,25)(H,21,22)(H,23,24)/t12-/m1/s1. The predicted molar refractivity (Wildman–Crippen MR) is 97.4 cm³/mol. The highest BCUT2D eigenvalue weighted by molar-refractivity contribution is 5.94. The summed E-state index contributed by atoms with van der Waals surface area (Å²) < 4.78 is 5.50. The molecule has 26 heavy (non-hydrogen) atoms. The summed E-state index contributed by atoms with van der Waals surface area (Å²) in [7, 11) is 1.66. The zero-order chi connectivity index (χ0) is 18.3. The molecule has 0 saturated heterocycles. The zero-order valence-corrected chi connectivity index (χ0v) is 15.0. The van der Waals surface area contributed by atoms with Crippen LogP contribution in [0.3, 0.4) is 0 Å². The van der Waals surface area contributed by atoms with E-state index in [4.69, 9.17) is 4.74 Å². The van der Waals surface area contributed by atoms with E-state index in [0.29, 0.717) is 24.5 Å². The van der Waals surface area contributed by atoms with Gasteiger partial charge in [0, 0.05) is 23.9 Å². The number of imidazole rings is 1. The second-order valence-corrected chi connectivity index (χ2v) is 6.57. The number of hydrogen-bond donors (Lipinski definition) is 3. The fraction of sp³-hybridized carbons (Fsp3) is 0.316. The van der Waals surface area contributed by atoms with Crippen LogP contribution in [0.1, 0.15) is 39.1 Å². The number of para-hydroxylation sites is 1. The number of aromatic nitrogens is 4. The number of hydrogen-bond acceptors (Lipinski definition) is 4. The van der Waals surface area contributed by atoms with E-state index in [2.05, 4.69) is 25.5 Å². The van der Waals surface area contributed by atoms with Crippen molar-refractivity contribution in [3.63, 3.8) is 0 Å². The van der Waals surface area contributed by atoms with Gasteiger partial charge in [-0.2, -0.15) is 5.10 Å². The van der Waals surface area contributed by atoms with Crippen molar-refractivity contribution in [2.75, 3.05) is 13.7 Å². The normalized spacial score (nSPS) is 16.7. The number of fused-ring (bicyclic) bond motifs is 1. The fourth-order valence-electron chi connectivity index (χ4n) is 3.60. The first kappa shape index (κ1) is 16.4. The molecule has 3 aromatic rings. The molecule has 0 fully saturated rings. The molecule has 1 aliphatic heterocycles. The van der Waals surface area contributed by atoms with Gasteiger partial charge in [-0.25, -0.2) is 4.98 Å². The van der Waals surface area contributed by atoms with Gasteiger partial charge in [-0.05, 0) is 31.9 Å². The minimum Gasteiger partial charge on any atom is -0.496 e. The molecule has 0 radical (unpaired) electrons. The van der Waals surface area contributed by atoms with Crippen LogP contribution in [0.15, 0.2) is 24.3 Å². The second-order valence-electron chi connectivity index (χ2n) is 6.57. The van der Waals surface area contributed by atoms with Gasteiger partial charge in [0.1, 0.15) is 17.3 Å². The Balaban J connectivity index is 1.75. The van der Waals surface area contributed by atoms with Crippen LogP contribution in [0.4, 0.5) is 0 Å². The van der Waals surface area contributed by atoms with Crippen LogP contribution < -0.4 is 10.1 Å². The molecule has 4 rings (SSSR count). The third kappa shape index (κ3) is 2.65. The summed E-state index contributed by atoms with van der Waals surface area (Å²) in [6.07, 6.45) is 0.678. The molecule has 0 spiro atoms. The summed E-state index contributed by atoms with van der Waals surface area (Å²) >= 11 is 0. The van der Waals surface area contributed by atoms with E-state index in [1.54, 1.807) is 7.11 Å². The smallest absolute Gasteiger partial charge is 0.271 e. The number of H-pyrrole nitrogens is 2. The maximum absolute atomic E-state index is 12.5. The van der Waals surface area contributed by atoms with Crippen LogP contribution in [-0.2, 0) is 6.42 Å². The third-order valence-electron chi connectivity index (χ3n) is 4.90. The number of methoxy groups -OCH3 is 1. The summed E-state index contributed by atoms with van der Waals surface area (Å²) in [6.45, 7) is 4.41. The number of nitrogens with one attached hydrogen (secondary N) is 3. The molecule has 1 aliphatic rings. The monoisotopic (exact) mass is 351 g/mol. The maximum atomic E-state index is 12.5. The topological polar surface area (TPSA) is 95.7 Å². The molecular formula is C19H21N5O2. The van der Waals surface area contributed by atoms with Gasteiger partial charge in [-0.1, -0.05) is 18.2 Å². The molecule has 2 aromatic heterocycles. The first-order chi connectivity index (χ1) is 12.6. The quantitative estimate of drug-likeness (QED) is 0.675. The molecule has 7 heteroatoms. The minimum absolute atomic E-state index is 0.108. The predicted octanol–water partition coefficient (Wildman–Crippen LogP) is 2.49. The first-order valence-electron chi connectivity index (χ1n) is 8.60. The number of benzene rings is 1. The summed E-state index contributed by atoms with van der Waals surface area (Å²) in [6, 6.07) is 7.92. The lowest BCUT2D eigenvalue weighted by Crippen LogP contribution is -2.26. The molecular weight excluding hydrogens is 330 g/mol. The number of carbonyl (C=O) groups is 1. The van der Waals surface area contributed by atoms with Crippen molar-refractivity contribution in [2.24, 2.45) is 0 Å². The van der Waals surface area contributed by atoms with E-state index < -0.39 is 0 Å². The summed E-state index contributed by atoms with van der Waals surface area (Å²) in [4.78, 5) is 20.5. The lowest BCUT2D eigenvalue weighted by molar-refractivity contribution is 0.0950. The van der Waals surface area contributed by atoms with E-state index >= 15 is 0 Å². The summed E-state index contributed by atoms with van der Waals surface area (Å²) in [5, 5.41) is 10.2. The van der Waals surface area contributed by atoms with E-state index in [-0.39, 0.29) is 11.8 Å². The van der Waals surface area contributed by atoms with Crippen LogP contribution in [0, 0.1) is 13.8 Å². The van der Waals surface area contributed by atoms with E-state index in [1.807, 2.05) is 38.1 Å². The lowest BCUT2D eigenvalue weighted by Gasteiger charge is -2.17. The van der Waals surface area contributed by atoms with E-state index in [1.165, 1.54) is 0 Å². The molecule has 1 atom stereocenters. The van der Waals surface area contributed by atoms with Crippen molar-refractivity contribution >= 4 is 5.91 Å². The van der Waals surface area contributed by atoms with Gasteiger partial charge < -0.3 is 15.0 Å². The Hall–Kier alpha value is -3.09. The minimum atomic E-state index is -0.154. The fourth-order valence-corrected chi connectivity index (χ4v) is 3.60. The van der Waals surface area contributed by atoms with E-state index in [9.17, 15) is 4.79 Å². The molecule has 1 aromatic carbocycles. The molecule has 0 aliphatic carbocycles. The Morgan fingerprint density at radius 1 is 1.23 bits per heavy atom. The Kier molecular flexibility index (Phi) is 3.99. The van der Waals surface area contributed by atoms with Crippen molar-refractivity contribution < 1.29 is 9.53 Å². The van der Waals surface area contributed by atoms with Gasteiger partial charge in [0.25, 0.3) is 5.91 Å². The maximum Gasteiger partial charge on any atom is 0.271 e. The summed E-state index contributed by atoms with van der Waals surface area (Å²) in [5.41, 5.74) is 5.07. The van der Waals surface area contributed by atoms with Crippen molar-refractivity contribution in [3.05, 3.63) is 52.6 Å². The second kappa shape index (κ2) is 6.33. The Bertz CT molecular complexity index is 953. The van der Waals surface area contributed by atoms with Crippen molar-refractivity contribution in [3.8, 4) is 17.1 Å². The lowest BCUT2D eigenvalue weighted by atomic mass is 9.93. The number of rotatable bonds is 3. The molecule has 3 N–H and O–H groups in total. The van der Waals surface area contributed by atoms with Gasteiger partial charge in [0.2, 0.25) is 0 Å². The van der Waals surface area contributed by atoms with Gasteiger partial charge in [0.05, 0.1) is 18.4 Å². The zero-order valence-electron chi connectivity index (χ0n) is 15.0. The van der Waals surface area contributed by atoms with Crippen LogP contribution >= 0.6 is 0 Å². The largest absolute Gasteiger partial charge is 0.496 e. The average Bonchev–Trinajstić information content (AvgIpc) is 3.16. The van der Waals surface area contributed by atoms with Crippen LogP contribution in [-0.4, -0.2) is 39.7 Å². The molecule has 0 bridgehead atoms. The number of carbonyl (C=O) groups excluding carboxylic acids is 1. The molecule has 7 nitrogen and oxygen atoms in total. The Labute approximate surface area is 151 Å². The highest BCUT2D eigenvalue weighted by Gasteiger charge is 2.28. The van der Waals surface area contributed by atoms with Gasteiger partial charge in [-0.15, -0.1) is 0 Å². The third-order valence-corrected chi connectivity index (χ3v) is 4.90. The summed E-state index contributed by atoms with van der Waals surface area (Å²) in [5.74, 6) is 1.46. The number of amides is 1. The first-order valence-corrected chi connectivity index (χ1v) is 8.60. The average molecular weight is 351 g/mol. The van der Waals surface area contributed by atoms with Gasteiger partial charge in [0.15, 0.2) is 0 Å². The van der Waals surface area contributed by atoms with Crippen LogP contribution in [0.5, 0.6) is 5.75 Å². The highest BCUT2D eigenvalue weighted by atomic mass is 16.5. The van der Waals surface area contributed by atoms with Crippen molar-refractivity contribution in [1.29, 1.82) is 0 Å². The molecule has 0 saturated carbocycles. The van der Waals surface area contributed by atoms with Gasteiger partial charge >= 0.3 is 0 Å². The van der Waals surface area contributed by atoms with E-state index in [0.717, 1.165) is 34.0 Å². The molecule has 3 heterocycles. The molecule has 0 unspecified atom stereocenters. The number of nitrogens with zero attached hydrogens (tertiary/aromatic N) is 2. The number of ether oxygens (including phenoxy) is 1. The van der Waals surface area contributed by atoms with Crippen LogP contribution in [0.2, 0.25) is 0 Å². The molecule has 134 valence electrons. The number of aromatic amines is 2. The highest BCUT2D eigenvalue weighted by Crippen LogP contribution is 2.32. The van der Waals surface area contributed by atoms with Crippen molar-refractivity contribution in [1.82, 2.24) is 25.5 Å². The van der Waals surface area contributed by atoms with Crippen molar-refractivity contribution in [2.45, 2.75) is 26.2 Å². The Morgan fingerprint density at radius 3 is 2.77 bits per heavy atom. The van der Waals surface area contributed by atoms with Gasteiger partial charge in [-0.3, -0.25) is 9.89 Å².